The van der Waals surface area contributed by atoms with Gasteiger partial charge in [-0.1, -0.05) is 6.92 Å². The number of nitrogens with one attached hydrogen (secondary N) is 1. The third kappa shape index (κ3) is 3.61. The molecule has 0 aliphatic heterocycles. The summed E-state index contributed by atoms with van der Waals surface area (Å²) in [5.41, 5.74) is 0. The van der Waals surface area contributed by atoms with E-state index in [4.69, 9.17) is 16.0 Å². The van der Waals surface area contributed by atoms with Crippen molar-refractivity contribution in [2.75, 3.05) is 0 Å². The highest BCUT2D eigenvalue weighted by Gasteiger charge is 2.07. The zero-order chi connectivity index (χ0) is 12.1. The van der Waals surface area contributed by atoms with E-state index >= 15 is 0 Å². The Hall–Kier alpha value is -1.26. The van der Waals surface area contributed by atoms with Gasteiger partial charge in [0.25, 0.3) is 0 Å². The Labute approximate surface area is 106 Å². The summed E-state index contributed by atoms with van der Waals surface area (Å²) in [7, 11) is 0. The van der Waals surface area contributed by atoms with Gasteiger partial charge in [0.15, 0.2) is 5.22 Å². The van der Waals surface area contributed by atoms with Crippen LogP contribution < -0.4 is 5.32 Å². The smallest absolute Gasteiger partial charge is 0.193 e. The van der Waals surface area contributed by atoms with Crippen molar-refractivity contribution >= 4 is 11.6 Å². The molecule has 2 aromatic heterocycles. The largest absolute Gasteiger partial charge is 0.448 e. The molecule has 0 amide bonds. The van der Waals surface area contributed by atoms with Crippen LogP contribution in [0, 0.1) is 0 Å². The summed E-state index contributed by atoms with van der Waals surface area (Å²) in [4.78, 5) is 4.03. The minimum Gasteiger partial charge on any atom is -0.448 e. The number of rotatable bonds is 6. The topological polar surface area (TPSA) is 43.0 Å². The maximum Gasteiger partial charge on any atom is 0.193 e. The van der Waals surface area contributed by atoms with Crippen LogP contribution in [0.5, 0.6) is 0 Å². The standard InChI is InChI=1S/C12H16ClN3O/c1-2-10(8-16-6-5-14-9-16)15-7-11-3-4-12(13)17-11/h3-6,9-10,15H,2,7-8H2,1H3/t10-/m0/s1. The Balaban J connectivity index is 1.83. The molecular formula is C12H16ClN3O. The molecule has 2 aromatic rings. The molecule has 1 N–H and O–H groups in total. The Morgan fingerprint density at radius 3 is 3.00 bits per heavy atom. The van der Waals surface area contributed by atoms with Crippen molar-refractivity contribution in [2.24, 2.45) is 0 Å². The summed E-state index contributed by atoms with van der Waals surface area (Å²) in [5, 5.41) is 3.87. The van der Waals surface area contributed by atoms with Crippen LogP contribution >= 0.6 is 11.6 Å². The molecule has 0 aliphatic rings. The molecule has 0 saturated carbocycles. The Bertz CT molecular complexity index is 438. The van der Waals surface area contributed by atoms with Gasteiger partial charge < -0.3 is 14.3 Å². The second-order valence-corrected chi connectivity index (χ2v) is 4.32. The van der Waals surface area contributed by atoms with Crippen LogP contribution in [0.15, 0.2) is 35.3 Å². The zero-order valence-corrected chi connectivity index (χ0v) is 10.5. The highest BCUT2D eigenvalue weighted by Crippen LogP contribution is 2.13. The highest BCUT2D eigenvalue weighted by atomic mass is 35.5. The Kier molecular flexibility index (Phi) is 4.23. The van der Waals surface area contributed by atoms with Crippen LogP contribution in [0.4, 0.5) is 0 Å². The number of hydrogen-bond donors (Lipinski definition) is 1. The van der Waals surface area contributed by atoms with Crippen molar-refractivity contribution in [2.45, 2.75) is 32.5 Å². The quantitative estimate of drug-likeness (QED) is 0.861. The highest BCUT2D eigenvalue weighted by molar-refractivity contribution is 6.28. The van der Waals surface area contributed by atoms with Crippen molar-refractivity contribution in [3.63, 3.8) is 0 Å². The third-order valence-corrected chi connectivity index (χ3v) is 2.88. The molecular weight excluding hydrogens is 238 g/mol. The van der Waals surface area contributed by atoms with E-state index in [0.717, 1.165) is 18.7 Å². The maximum absolute atomic E-state index is 5.72. The van der Waals surface area contributed by atoms with E-state index < -0.39 is 0 Å². The summed E-state index contributed by atoms with van der Waals surface area (Å²) < 4.78 is 7.36. The van der Waals surface area contributed by atoms with Crippen LogP contribution in [-0.4, -0.2) is 15.6 Å². The molecule has 0 aromatic carbocycles. The summed E-state index contributed by atoms with van der Waals surface area (Å²) >= 11 is 5.72. The molecule has 0 radical (unpaired) electrons. The van der Waals surface area contributed by atoms with Gasteiger partial charge in [0.1, 0.15) is 5.76 Å². The first-order chi connectivity index (χ1) is 8.28. The van der Waals surface area contributed by atoms with Gasteiger partial charge >= 0.3 is 0 Å². The van der Waals surface area contributed by atoms with Crippen molar-refractivity contribution in [1.82, 2.24) is 14.9 Å². The summed E-state index contributed by atoms with van der Waals surface area (Å²) in [6, 6.07) is 4.04. The molecule has 92 valence electrons. The van der Waals surface area contributed by atoms with Crippen LogP contribution in [0.2, 0.25) is 5.22 Å². The van der Waals surface area contributed by atoms with E-state index in [1.807, 2.05) is 18.6 Å². The normalized spacial score (nSPS) is 12.8. The number of furan rings is 1. The molecule has 5 heteroatoms. The van der Waals surface area contributed by atoms with Gasteiger partial charge in [-0.05, 0) is 30.2 Å². The monoisotopic (exact) mass is 253 g/mol. The molecule has 1 atom stereocenters. The fraction of sp³-hybridized carbons (Fsp3) is 0.417. The number of hydrogen-bond acceptors (Lipinski definition) is 3. The lowest BCUT2D eigenvalue weighted by molar-refractivity contribution is 0.403. The molecule has 0 unspecified atom stereocenters. The Morgan fingerprint density at radius 1 is 1.53 bits per heavy atom. The molecule has 0 fully saturated rings. The molecule has 0 spiro atoms. The second kappa shape index (κ2) is 5.89. The predicted octanol–water partition coefficient (Wildman–Crippen LogP) is 2.70. The van der Waals surface area contributed by atoms with Gasteiger partial charge in [-0.15, -0.1) is 0 Å². The van der Waals surface area contributed by atoms with E-state index in [1.54, 1.807) is 12.3 Å². The van der Waals surface area contributed by atoms with E-state index in [1.165, 1.54) is 0 Å². The third-order valence-electron chi connectivity index (χ3n) is 2.68. The molecule has 0 saturated heterocycles. The molecule has 17 heavy (non-hydrogen) atoms. The van der Waals surface area contributed by atoms with Gasteiger partial charge in [-0.2, -0.15) is 0 Å². The van der Waals surface area contributed by atoms with Crippen LogP contribution in [0.3, 0.4) is 0 Å². The van der Waals surface area contributed by atoms with Crippen molar-refractivity contribution in [3.8, 4) is 0 Å². The van der Waals surface area contributed by atoms with Crippen molar-refractivity contribution < 1.29 is 4.42 Å². The first-order valence-electron chi connectivity index (χ1n) is 5.71. The average Bonchev–Trinajstić information content (AvgIpc) is 2.96. The molecule has 0 bridgehead atoms. The molecule has 4 nitrogen and oxygen atoms in total. The van der Waals surface area contributed by atoms with Crippen molar-refractivity contribution in [3.05, 3.63) is 41.8 Å². The number of halogens is 1. The first-order valence-corrected chi connectivity index (χ1v) is 6.09. The van der Waals surface area contributed by atoms with Crippen LogP contribution in [-0.2, 0) is 13.1 Å². The van der Waals surface area contributed by atoms with E-state index in [0.29, 0.717) is 17.8 Å². The van der Waals surface area contributed by atoms with Crippen molar-refractivity contribution in [1.29, 1.82) is 0 Å². The minimum atomic E-state index is 0.396. The van der Waals surface area contributed by atoms with Crippen LogP contribution in [0.25, 0.3) is 0 Å². The summed E-state index contributed by atoms with van der Waals surface area (Å²) in [6.07, 6.45) is 6.63. The van der Waals surface area contributed by atoms with Gasteiger partial charge in [-0.3, -0.25) is 0 Å². The SMILES string of the molecule is CC[C@@H](Cn1ccnc1)NCc1ccc(Cl)o1. The summed E-state index contributed by atoms with van der Waals surface area (Å²) in [6.45, 7) is 3.76. The van der Waals surface area contributed by atoms with Crippen LogP contribution in [0.1, 0.15) is 19.1 Å². The van der Waals surface area contributed by atoms with Gasteiger partial charge in [0.2, 0.25) is 0 Å². The molecule has 0 aliphatic carbocycles. The zero-order valence-electron chi connectivity index (χ0n) is 9.77. The van der Waals surface area contributed by atoms with Gasteiger partial charge in [0, 0.05) is 25.0 Å². The fourth-order valence-corrected chi connectivity index (χ4v) is 1.84. The number of nitrogens with zero attached hydrogens (tertiary/aromatic N) is 2. The average molecular weight is 254 g/mol. The second-order valence-electron chi connectivity index (χ2n) is 3.95. The fourth-order valence-electron chi connectivity index (χ4n) is 1.68. The molecule has 2 rings (SSSR count). The lowest BCUT2D eigenvalue weighted by Gasteiger charge is -2.16. The predicted molar refractivity (Wildman–Crippen MR) is 66.9 cm³/mol. The van der Waals surface area contributed by atoms with Gasteiger partial charge in [-0.25, -0.2) is 4.98 Å². The first kappa shape index (κ1) is 12.2. The van der Waals surface area contributed by atoms with E-state index in [9.17, 15) is 0 Å². The minimum absolute atomic E-state index is 0.396. The Morgan fingerprint density at radius 2 is 2.41 bits per heavy atom. The maximum atomic E-state index is 5.72. The van der Waals surface area contributed by atoms with E-state index in [-0.39, 0.29) is 0 Å². The number of imidazole rings is 1. The molecule has 2 heterocycles. The lowest BCUT2D eigenvalue weighted by atomic mass is 10.2. The lowest BCUT2D eigenvalue weighted by Crippen LogP contribution is -2.31. The summed E-state index contributed by atoms with van der Waals surface area (Å²) in [5.74, 6) is 0.860. The number of aromatic nitrogens is 2. The van der Waals surface area contributed by atoms with Gasteiger partial charge in [0.05, 0.1) is 12.9 Å². The van der Waals surface area contributed by atoms with E-state index in [2.05, 4.69) is 21.8 Å².